The van der Waals surface area contributed by atoms with Crippen molar-refractivity contribution in [1.82, 2.24) is 25.0 Å². The lowest BCUT2D eigenvalue weighted by Gasteiger charge is -2.15. The third-order valence-corrected chi connectivity index (χ3v) is 6.17. The van der Waals surface area contributed by atoms with Crippen molar-refractivity contribution < 1.29 is 14.3 Å². The van der Waals surface area contributed by atoms with E-state index in [0.29, 0.717) is 28.4 Å². The molecule has 1 aromatic carbocycles. The highest BCUT2D eigenvalue weighted by molar-refractivity contribution is 7.99. The molecule has 1 atom stereocenters. The number of aryl methyl sites for hydroxylation is 1. The summed E-state index contributed by atoms with van der Waals surface area (Å²) >= 11 is 2.73. The van der Waals surface area contributed by atoms with Crippen LogP contribution in [0.25, 0.3) is 0 Å². The number of hydrogen-bond donors (Lipinski definition) is 1. The van der Waals surface area contributed by atoms with E-state index in [1.54, 1.807) is 7.11 Å². The van der Waals surface area contributed by atoms with E-state index in [9.17, 15) is 4.79 Å². The van der Waals surface area contributed by atoms with Crippen LogP contribution in [-0.2, 0) is 17.8 Å². The third-order valence-electron chi connectivity index (χ3n) is 4.31. The van der Waals surface area contributed by atoms with E-state index in [1.165, 1.54) is 23.1 Å². The molecule has 2 aromatic heterocycles. The highest BCUT2D eigenvalue weighted by Gasteiger charge is 2.20. The van der Waals surface area contributed by atoms with Crippen LogP contribution in [0.15, 0.2) is 29.4 Å². The van der Waals surface area contributed by atoms with Crippen molar-refractivity contribution in [1.29, 1.82) is 0 Å². The van der Waals surface area contributed by atoms with Gasteiger partial charge in [0.05, 0.1) is 12.9 Å². The molecule has 0 aliphatic carbocycles. The van der Waals surface area contributed by atoms with E-state index in [4.69, 9.17) is 9.47 Å². The number of carbonyl (C=O) groups is 1. The van der Waals surface area contributed by atoms with Gasteiger partial charge in [-0.2, -0.15) is 0 Å². The van der Waals surface area contributed by atoms with Gasteiger partial charge in [0.25, 0.3) is 0 Å². The van der Waals surface area contributed by atoms with Gasteiger partial charge in [-0.05, 0) is 44.5 Å². The number of nitrogens with zero attached hydrogens (tertiary/aromatic N) is 5. The summed E-state index contributed by atoms with van der Waals surface area (Å²) in [5, 5.41) is 21.5. The van der Waals surface area contributed by atoms with E-state index in [-0.39, 0.29) is 17.8 Å². The Kier molecular flexibility index (Phi) is 8.24. The maximum absolute atomic E-state index is 12.3. The van der Waals surface area contributed by atoms with Crippen molar-refractivity contribution >= 4 is 34.1 Å². The zero-order valence-electron chi connectivity index (χ0n) is 18.0. The molecule has 0 fully saturated rings. The number of hydrogen-bond acceptors (Lipinski definition) is 9. The van der Waals surface area contributed by atoms with Gasteiger partial charge in [0.1, 0.15) is 16.5 Å². The number of methoxy groups -OCH3 is 1. The molecule has 0 aliphatic rings. The van der Waals surface area contributed by atoms with Crippen LogP contribution in [0.3, 0.4) is 0 Å². The molecule has 31 heavy (non-hydrogen) atoms. The maximum atomic E-state index is 12.3. The summed E-state index contributed by atoms with van der Waals surface area (Å²) in [6.07, 6.45) is 1.55. The van der Waals surface area contributed by atoms with Gasteiger partial charge in [0.15, 0.2) is 17.1 Å². The van der Waals surface area contributed by atoms with Gasteiger partial charge in [-0.1, -0.05) is 30.0 Å². The molecule has 0 radical (unpaired) electrons. The van der Waals surface area contributed by atoms with Crippen LogP contribution in [0.2, 0.25) is 0 Å². The van der Waals surface area contributed by atoms with Crippen molar-refractivity contribution in [2.24, 2.45) is 0 Å². The van der Waals surface area contributed by atoms with Crippen LogP contribution >= 0.6 is 23.1 Å². The standard InChI is InChI=1S/C20H26N6O3S2/c1-5-7-17-22-24-19(31-17)21-16(27)12-30-20-25-23-18(26(20)6-2)13(3)29-15-10-8-14(28-4)9-11-15/h8-11,13H,5-7,12H2,1-4H3,(H,21,24,27). The van der Waals surface area contributed by atoms with Crippen LogP contribution < -0.4 is 14.8 Å². The molecule has 1 amide bonds. The van der Waals surface area contributed by atoms with Gasteiger partial charge in [-0.3, -0.25) is 10.1 Å². The topological polar surface area (TPSA) is 104 Å². The number of rotatable bonds is 11. The van der Waals surface area contributed by atoms with Gasteiger partial charge in [-0.15, -0.1) is 20.4 Å². The number of aromatic nitrogens is 5. The SMILES string of the molecule is CCCc1nnc(NC(=O)CSc2nnc(C(C)Oc3ccc(OC)cc3)n2CC)s1. The van der Waals surface area contributed by atoms with E-state index in [2.05, 4.69) is 32.6 Å². The summed E-state index contributed by atoms with van der Waals surface area (Å²) in [5.74, 6) is 2.23. The first-order chi connectivity index (χ1) is 15.0. The highest BCUT2D eigenvalue weighted by atomic mass is 32.2. The molecular formula is C20H26N6O3S2. The monoisotopic (exact) mass is 462 g/mol. The summed E-state index contributed by atoms with van der Waals surface area (Å²) in [5.41, 5.74) is 0. The van der Waals surface area contributed by atoms with E-state index < -0.39 is 0 Å². The predicted octanol–water partition coefficient (Wildman–Crippen LogP) is 3.98. The molecule has 0 bridgehead atoms. The molecule has 9 nitrogen and oxygen atoms in total. The number of nitrogens with one attached hydrogen (secondary N) is 1. The fraction of sp³-hybridized carbons (Fsp3) is 0.450. The van der Waals surface area contributed by atoms with Crippen molar-refractivity contribution in [3.05, 3.63) is 35.1 Å². The Hall–Kier alpha value is -2.66. The first-order valence-electron chi connectivity index (χ1n) is 10.0. The molecule has 1 unspecified atom stereocenters. The van der Waals surface area contributed by atoms with Crippen molar-refractivity contribution in [2.45, 2.75) is 51.4 Å². The highest BCUT2D eigenvalue weighted by Crippen LogP contribution is 2.26. The van der Waals surface area contributed by atoms with Crippen molar-refractivity contribution in [3.63, 3.8) is 0 Å². The van der Waals surface area contributed by atoms with Crippen LogP contribution in [0, 0.1) is 0 Å². The summed E-state index contributed by atoms with van der Waals surface area (Å²) in [6.45, 7) is 6.68. The van der Waals surface area contributed by atoms with Crippen LogP contribution in [0.5, 0.6) is 11.5 Å². The van der Waals surface area contributed by atoms with Crippen LogP contribution in [0.4, 0.5) is 5.13 Å². The Bertz CT molecular complexity index is 989. The lowest BCUT2D eigenvalue weighted by molar-refractivity contribution is -0.113. The first-order valence-corrected chi connectivity index (χ1v) is 11.8. The number of benzene rings is 1. The molecule has 3 aromatic rings. The minimum absolute atomic E-state index is 0.154. The average molecular weight is 463 g/mol. The Morgan fingerprint density at radius 1 is 1.16 bits per heavy atom. The smallest absolute Gasteiger partial charge is 0.236 e. The second kappa shape index (κ2) is 11.1. The molecule has 3 rings (SSSR count). The number of thioether (sulfide) groups is 1. The van der Waals surface area contributed by atoms with Crippen molar-refractivity contribution in [2.75, 3.05) is 18.2 Å². The Morgan fingerprint density at radius 2 is 1.90 bits per heavy atom. The minimum Gasteiger partial charge on any atom is -0.497 e. The van der Waals surface area contributed by atoms with Gasteiger partial charge < -0.3 is 14.0 Å². The third kappa shape index (κ3) is 6.17. The number of amides is 1. The van der Waals surface area contributed by atoms with Crippen molar-refractivity contribution in [3.8, 4) is 11.5 Å². The summed E-state index contributed by atoms with van der Waals surface area (Å²) in [4.78, 5) is 12.3. The Balaban J connectivity index is 1.58. The normalized spacial score (nSPS) is 11.9. The molecule has 1 N–H and O–H groups in total. The maximum Gasteiger partial charge on any atom is 0.236 e. The summed E-state index contributed by atoms with van der Waals surface area (Å²) in [6, 6.07) is 7.38. The summed E-state index contributed by atoms with van der Waals surface area (Å²) in [7, 11) is 1.62. The van der Waals surface area contributed by atoms with Crippen LogP contribution in [-0.4, -0.2) is 43.7 Å². The molecule has 0 saturated carbocycles. The minimum atomic E-state index is -0.303. The predicted molar refractivity (Wildman–Crippen MR) is 121 cm³/mol. The van der Waals surface area contributed by atoms with Gasteiger partial charge in [0, 0.05) is 13.0 Å². The zero-order valence-corrected chi connectivity index (χ0v) is 19.6. The number of carbonyl (C=O) groups excluding carboxylic acids is 1. The second-order valence-corrected chi connectivity index (χ2v) is 8.61. The Labute approximate surface area is 189 Å². The molecule has 0 aliphatic heterocycles. The molecular weight excluding hydrogens is 436 g/mol. The molecule has 0 saturated heterocycles. The van der Waals surface area contributed by atoms with E-state index in [1.807, 2.05) is 42.7 Å². The van der Waals surface area contributed by atoms with E-state index in [0.717, 1.165) is 23.6 Å². The van der Waals surface area contributed by atoms with Gasteiger partial charge in [0.2, 0.25) is 11.0 Å². The number of anilines is 1. The van der Waals surface area contributed by atoms with Crippen LogP contribution in [0.1, 0.15) is 44.1 Å². The lowest BCUT2D eigenvalue weighted by atomic mass is 10.3. The summed E-state index contributed by atoms with van der Waals surface area (Å²) < 4.78 is 13.1. The van der Waals surface area contributed by atoms with E-state index >= 15 is 0 Å². The largest absolute Gasteiger partial charge is 0.497 e. The average Bonchev–Trinajstić information content (AvgIpc) is 3.39. The Morgan fingerprint density at radius 3 is 2.58 bits per heavy atom. The molecule has 11 heteroatoms. The van der Waals surface area contributed by atoms with Gasteiger partial charge in [-0.25, -0.2) is 0 Å². The van der Waals surface area contributed by atoms with Gasteiger partial charge >= 0.3 is 0 Å². The fourth-order valence-corrected chi connectivity index (χ4v) is 4.49. The molecule has 0 spiro atoms. The zero-order chi connectivity index (χ0) is 22.2. The molecule has 2 heterocycles. The molecule has 166 valence electrons. The first kappa shape index (κ1) is 23.0. The number of ether oxygens (including phenoxy) is 2. The fourth-order valence-electron chi connectivity index (χ4n) is 2.82. The quantitative estimate of drug-likeness (QED) is 0.427. The second-order valence-electron chi connectivity index (χ2n) is 6.61. The lowest BCUT2D eigenvalue weighted by Crippen LogP contribution is -2.15.